The largest absolute Gasteiger partial charge is 0.710 e. The molecule has 0 heterocycles. The smallest absolute Gasteiger partial charge is 0.512 e. The fraction of sp³-hybridized carbons (Fsp3) is 0.364. The van der Waals surface area contributed by atoms with Crippen LogP contribution in [-0.4, -0.2) is 30.0 Å². The van der Waals surface area contributed by atoms with Crippen molar-refractivity contribution in [2.75, 3.05) is 6.61 Å². The van der Waals surface area contributed by atoms with Crippen LogP contribution in [0.15, 0.2) is 30.3 Å². The van der Waals surface area contributed by atoms with Crippen LogP contribution < -0.4 is 4.65 Å². The van der Waals surface area contributed by atoms with E-state index in [0.717, 1.165) is 0 Å². The van der Waals surface area contributed by atoms with Crippen LogP contribution >= 0.6 is 0 Å². The predicted molar refractivity (Wildman–Crippen MR) is 62.4 cm³/mol. The lowest BCUT2D eigenvalue weighted by molar-refractivity contribution is -0.148. The van der Waals surface area contributed by atoms with Crippen LogP contribution in [0.3, 0.4) is 0 Å². The Hall–Kier alpha value is -1.53. The zero-order valence-electron chi connectivity index (χ0n) is 9.79. The standard InChI is InChI=1S/C11H15BO5/c1-11(2,10(13)14)8-16-12(15)17-9-6-4-3-5-7-9/h3-7,15H,8H2,1-2H3,(H,13,14). The van der Waals surface area contributed by atoms with Crippen LogP contribution in [0.5, 0.6) is 5.75 Å². The number of benzene rings is 1. The van der Waals surface area contributed by atoms with Gasteiger partial charge in [0.25, 0.3) is 0 Å². The van der Waals surface area contributed by atoms with Gasteiger partial charge in [-0.3, -0.25) is 4.79 Å². The Morgan fingerprint density at radius 2 is 1.94 bits per heavy atom. The Kier molecular flexibility index (Phi) is 4.54. The summed E-state index contributed by atoms with van der Waals surface area (Å²) >= 11 is 0. The van der Waals surface area contributed by atoms with Gasteiger partial charge in [0.1, 0.15) is 5.75 Å². The van der Waals surface area contributed by atoms with Gasteiger partial charge in [0.05, 0.1) is 12.0 Å². The Bertz CT molecular complexity index is 365. The molecular weight excluding hydrogens is 223 g/mol. The first-order valence-electron chi connectivity index (χ1n) is 5.16. The van der Waals surface area contributed by atoms with E-state index in [9.17, 15) is 9.82 Å². The molecule has 0 unspecified atom stereocenters. The van der Waals surface area contributed by atoms with Crippen LogP contribution in [0.1, 0.15) is 13.8 Å². The van der Waals surface area contributed by atoms with Crippen molar-refractivity contribution in [2.24, 2.45) is 5.41 Å². The summed E-state index contributed by atoms with van der Waals surface area (Å²) in [5.41, 5.74) is -1.07. The molecule has 1 aromatic rings. The number of carboxylic acid groups (broad SMARTS) is 1. The molecule has 17 heavy (non-hydrogen) atoms. The highest BCUT2D eigenvalue weighted by atomic mass is 16.7. The van der Waals surface area contributed by atoms with Gasteiger partial charge in [0.2, 0.25) is 0 Å². The minimum Gasteiger partial charge on any atom is -0.512 e. The summed E-state index contributed by atoms with van der Waals surface area (Å²) in [6, 6.07) is 8.64. The van der Waals surface area contributed by atoms with E-state index in [-0.39, 0.29) is 6.61 Å². The van der Waals surface area contributed by atoms with Gasteiger partial charge in [-0.15, -0.1) is 0 Å². The quantitative estimate of drug-likeness (QED) is 0.727. The van der Waals surface area contributed by atoms with Crippen LogP contribution in [0.2, 0.25) is 0 Å². The van der Waals surface area contributed by atoms with Gasteiger partial charge in [0.15, 0.2) is 0 Å². The molecule has 0 aliphatic carbocycles. The summed E-state index contributed by atoms with van der Waals surface area (Å²) in [6.45, 7) is 2.87. The van der Waals surface area contributed by atoms with Crippen molar-refractivity contribution in [3.63, 3.8) is 0 Å². The average molecular weight is 238 g/mol. The molecule has 0 fully saturated rings. The topological polar surface area (TPSA) is 76.0 Å². The molecule has 2 N–H and O–H groups in total. The second kappa shape index (κ2) is 5.70. The van der Waals surface area contributed by atoms with E-state index >= 15 is 0 Å². The SMILES string of the molecule is CC(C)(COB(O)Oc1ccccc1)C(=O)O. The minimum atomic E-state index is -1.48. The highest BCUT2D eigenvalue weighted by Crippen LogP contribution is 2.16. The van der Waals surface area contributed by atoms with E-state index in [0.29, 0.717) is 5.75 Å². The molecule has 0 aliphatic rings. The van der Waals surface area contributed by atoms with E-state index in [2.05, 4.69) is 0 Å². The minimum absolute atomic E-state index is 0.143. The third-order valence-corrected chi connectivity index (χ3v) is 2.15. The number of para-hydroxylation sites is 1. The van der Waals surface area contributed by atoms with Gasteiger partial charge in [-0.2, -0.15) is 0 Å². The Morgan fingerprint density at radius 1 is 1.35 bits per heavy atom. The summed E-state index contributed by atoms with van der Waals surface area (Å²) < 4.78 is 9.95. The lowest BCUT2D eigenvalue weighted by Crippen LogP contribution is -2.35. The van der Waals surface area contributed by atoms with Crippen LogP contribution in [0, 0.1) is 5.41 Å². The average Bonchev–Trinajstić information content (AvgIpc) is 2.28. The van der Waals surface area contributed by atoms with Crippen LogP contribution in [0.25, 0.3) is 0 Å². The lowest BCUT2D eigenvalue weighted by Gasteiger charge is -2.19. The maximum absolute atomic E-state index is 10.8. The number of hydrogen-bond acceptors (Lipinski definition) is 4. The Balaban J connectivity index is 2.41. The number of carboxylic acids is 1. The molecule has 0 bridgehead atoms. The molecule has 0 aromatic heterocycles. The van der Waals surface area contributed by atoms with E-state index in [1.807, 2.05) is 6.07 Å². The highest BCUT2D eigenvalue weighted by molar-refractivity contribution is 6.35. The summed E-state index contributed by atoms with van der Waals surface area (Å²) in [4.78, 5) is 10.8. The second-order valence-electron chi connectivity index (χ2n) is 4.24. The normalized spacial score (nSPS) is 11.0. The van der Waals surface area contributed by atoms with Crippen molar-refractivity contribution < 1.29 is 24.2 Å². The summed E-state index contributed by atoms with van der Waals surface area (Å²) in [5, 5.41) is 18.3. The monoisotopic (exact) mass is 238 g/mol. The first-order chi connectivity index (χ1) is 7.92. The number of aliphatic carboxylic acids is 1. The number of hydrogen-bond donors (Lipinski definition) is 2. The first kappa shape index (κ1) is 13.5. The van der Waals surface area contributed by atoms with Gasteiger partial charge in [0, 0.05) is 0 Å². The number of rotatable bonds is 6. The van der Waals surface area contributed by atoms with Crippen molar-refractivity contribution in [3.8, 4) is 5.75 Å². The fourth-order valence-corrected chi connectivity index (χ4v) is 0.991. The molecule has 0 radical (unpaired) electrons. The summed E-state index contributed by atoms with van der Waals surface area (Å²) in [6.07, 6.45) is 0. The van der Waals surface area contributed by atoms with E-state index in [1.165, 1.54) is 13.8 Å². The molecule has 0 aliphatic heterocycles. The van der Waals surface area contributed by atoms with E-state index in [1.54, 1.807) is 24.3 Å². The van der Waals surface area contributed by atoms with Gasteiger partial charge >= 0.3 is 13.3 Å². The van der Waals surface area contributed by atoms with Crippen LogP contribution in [-0.2, 0) is 9.45 Å². The van der Waals surface area contributed by atoms with Gasteiger partial charge in [-0.05, 0) is 26.0 Å². The third-order valence-electron chi connectivity index (χ3n) is 2.15. The molecule has 0 amide bonds. The summed E-state index contributed by atoms with van der Waals surface area (Å²) in [7, 11) is -1.48. The molecule has 0 spiro atoms. The Morgan fingerprint density at radius 3 is 2.47 bits per heavy atom. The second-order valence-corrected chi connectivity index (χ2v) is 4.24. The molecule has 1 rings (SSSR count). The van der Waals surface area contributed by atoms with Crippen molar-refractivity contribution >= 4 is 13.3 Å². The zero-order valence-corrected chi connectivity index (χ0v) is 9.79. The fourth-order valence-electron chi connectivity index (χ4n) is 0.991. The molecule has 0 atom stereocenters. The molecule has 92 valence electrons. The van der Waals surface area contributed by atoms with Crippen molar-refractivity contribution in [2.45, 2.75) is 13.8 Å². The predicted octanol–water partition coefficient (Wildman–Crippen LogP) is 1.17. The van der Waals surface area contributed by atoms with Gasteiger partial charge in [-0.1, -0.05) is 18.2 Å². The Labute approximate surface area is 100 Å². The van der Waals surface area contributed by atoms with Gasteiger partial charge < -0.3 is 19.4 Å². The molecule has 0 saturated carbocycles. The maximum Gasteiger partial charge on any atom is 0.710 e. The number of carbonyl (C=O) groups is 1. The molecule has 1 aromatic carbocycles. The zero-order chi connectivity index (χ0) is 12.9. The van der Waals surface area contributed by atoms with Crippen molar-refractivity contribution in [1.82, 2.24) is 0 Å². The first-order valence-corrected chi connectivity index (χ1v) is 5.16. The maximum atomic E-state index is 10.8. The van der Waals surface area contributed by atoms with E-state index in [4.69, 9.17) is 14.4 Å². The lowest BCUT2D eigenvalue weighted by atomic mass is 9.95. The summed E-state index contributed by atoms with van der Waals surface area (Å²) in [5.74, 6) is -0.544. The molecule has 0 saturated heterocycles. The molecule has 6 heteroatoms. The van der Waals surface area contributed by atoms with Crippen LogP contribution in [0.4, 0.5) is 0 Å². The van der Waals surface area contributed by atoms with Crippen molar-refractivity contribution in [3.05, 3.63) is 30.3 Å². The highest BCUT2D eigenvalue weighted by Gasteiger charge is 2.31. The third kappa shape index (κ3) is 4.46. The molecular formula is C11H15BO5. The van der Waals surface area contributed by atoms with Crippen molar-refractivity contribution in [1.29, 1.82) is 0 Å². The molecule has 5 nitrogen and oxygen atoms in total. The van der Waals surface area contributed by atoms with Gasteiger partial charge in [-0.25, -0.2) is 0 Å². The van der Waals surface area contributed by atoms with E-state index < -0.39 is 18.7 Å².